The van der Waals surface area contributed by atoms with Gasteiger partial charge in [0.25, 0.3) is 0 Å². The Hall–Kier alpha value is -1.14. The molecule has 0 aliphatic carbocycles. The summed E-state index contributed by atoms with van der Waals surface area (Å²) in [6.45, 7) is 7.12. The molecule has 0 spiro atoms. The quantitative estimate of drug-likeness (QED) is 0.586. The molecule has 0 saturated heterocycles. The summed E-state index contributed by atoms with van der Waals surface area (Å²) in [7, 11) is 0. The van der Waals surface area contributed by atoms with Gasteiger partial charge in [-0.25, -0.2) is 4.79 Å². The van der Waals surface area contributed by atoms with Crippen molar-refractivity contribution in [3.63, 3.8) is 0 Å². The first-order valence-electron chi connectivity index (χ1n) is 6.00. The number of urea groups is 1. The van der Waals surface area contributed by atoms with Crippen LogP contribution in [-0.4, -0.2) is 54.2 Å². The molecule has 1 atom stereocenters. The molecule has 0 aliphatic heterocycles. The summed E-state index contributed by atoms with van der Waals surface area (Å²) in [5, 5.41) is 13.7. The Morgan fingerprint density at radius 3 is 2.41 bits per heavy atom. The monoisotopic (exact) mass is 245 g/mol. The number of carbonyl (C=O) groups excluding carboxylic acids is 2. The maximum atomic E-state index is 11.7. The van der Waals surface area contributed by atoms with Crippen LogP contribution >= 0.6 is 0 Å². The van der Waals surface area contributed by atoms with Gasteiger partial charge < -0.3 is 10.4 Å². The third-order valence-corrected chi connectivity index (χ3v) is 2.40. The van der Waals surface area contributed by atoms with Gasteiger partial charge in [-0.15, -0.1) is 0 Å². The van der Waals surface area contributed by atoms with E-state index < -0.39 is 12.1 Å². The predicted molar refractivity (Wildman–Crippen MR) is 65.6 cm³/mol. The van der Waals surface area contributed by atoms with Gasteiger partial charge in [0.05, 0.1) is 12.6 Å². The van der Waals surface area contributed by atoms with E-state index in [0.29, 0.717) is 19.6 Å². The first kappa shape index (κ1) is 15.9. The van der Waals surface area contributed by atoms with Crippen molar-refractivity contribution in [3.8, 4) is 0 Å². The molecule has 3 N–H and O–H groups in total. The Bertz CT molecular complexity index is 240. The van der Waals surface area contributed by atoms with E-state index in [-0.39, 0.29) is 12.5 Å². The zero-order chi connectivity index (χ0) is 13.3. The lowest BCUT2D eigenvalue weighted by Gasteiger charge is -2.26. The second kappa shape index (κ2) is 8.95. The van der Waals surface area contributed by atoms with E-state index >= 15 is 0 Å². The maximum absolute atomic E-state index is 11.7. The lowest BCUT2D eigenvalue weighted by atomic mass is 10.2. The lowest BCUT2D eigenvalue weighted by Crippen LogP contribution is -2.50. The molecule has 0 bridgehead atoms. The molecular formula is C11H23N3O3. The van der Waals surface area contributed by atoms with Crippen LogP contribution in [0.2, 0.25) is 0 Å². The molecule has 0 aliphatic rings. The minimum Gasteiger partial charge on any atom is -0.395 e. The van der Waals surface area contributed by atoms with Gasteiger partial charge in [0, 0.05) is 13.1 Å². The SMILES string of the molecule is CCCN(CCO)C(C)C(=O)NC(=O)NCC. The Kier molecular flexibility index (Phi) is 8.35. The van der Waals surface area contributed by atoms with Gasteiger partial charge >= 0.3 is 6.03 Å². The van der Waals surface area contributed by atoms with Gasteiger partial charge in [-0.05, 0) is 26.8 Å². The van der Waals surface area contributed by atoms with Crippen LogP contribution in [0.15, 0.2) is 0 Å². The van der Waals surface area contributed by atoms with Crippen molar-refractivity contribution in [1.29, 1.82) is 0 Å². The first-order chi connectivity index (χ1) is 8.06. The number of imide groups is 1. The van der Waals surface area contributed by atoms with Crippen LogP contribution in [0.5, 0.6) is 0 Å². The maximum Gasteiger partial charge on any atom is 0.321 e. The summed E-state index contributed by atoms with van der Waals surface area (Å²) in [4.78, 5) is 24.8. The Morgan fingerprint density at radius 1 is 1.29 bits per heavy atom. The number of aliphatic hydroxyl groups is 1. The third kappa shape index (κ3) is 6.23. The average molecular weight is 245 g/mol. The Labute approximate surface area is 102 Å². The highest BCUT2D eigenvalue weighted by molar-refractivity contribution is 5.96. The van der Waals surface area contributed by atoms with Crippen LogP contribution in [0.4, 0.5) is 4.79 Å². The number of nitrogens with one attached hydrogen (secondary N) is 2. The molecule has 1 unspecified atom stereocenters. The Balaban J connectivity index is 4.28. The van der Waals surface area contributed by atoms with Crippen LogP contribution in [0.3, 0.4) is 0 Å². The molecule has 0 heterocycles. The van der Waals surface area contributed by atoms with Crippen molar-refractivity contribution in [2.45, 2.75) is 33.2 Å². The van der Waals surface area contributed by atoms with Crippen LogP contribution in [-0.2, 0) is 4.79 Å². The zero-order valence-corrected chi connectivity index (χ0v) is 10.8. The second-order valence-electron chi connectivity index (χ2n) is 3.78. The smallest absolute Gasteiger partial charge is 0.321 e. The van der Waals surface area contributed by atoms with Crippen molar-refractivity contribution in [2.75, 3.05) is 26.2 Å². The Morgan fingerprint density at radius 2 is 1.94 bits per heavy atom. The fourth-order valence-corrected chi connectivity index (χ4v) is 1.50. The minimum atomic E-state index is -0.482. The van der Waals surface area contributed by atoms with E-state index in [4.69, 9.17) is 5.11 Å². The lowest BCUT2D eigenvalue weighted by molar-refractivity contribution is -0.124. The van der Waals surface area contributed by atoms with Crippen molar-refractivity contribution in [3.05, 3.63) is 0 Å². The van der Waals surface area contributed by atoms with Crippen molar-refractivity contribution >= 4 is 11.9 Å². The van der Waals surface area contributed by atoms with Gasteiger partial charge in [-0.2, -0.15) is 0 Å². The number of hydrogen-bond acceptors (Lipinski definition) is 4. The van der Waals surface area contributed by atoms with Crippen LogP contribution in [0.25, 0.3) is 0 Å². The number of carbonyl (C=O) groups is 2. The first-order valence-corrected chi connectivity index (χ1v) is 6.00. The van der Waals surface area contributed by atoms with Gasteiger partial charge in [0.2, 0.25) is 5.91 Å². The van der Waals surface area contributed by atoms with E-state index in [0.717, 1.165) is 6.42 Å². The molecule has 0 rings (SSSR count). The number of rotatable bonds is 7. The summed E-state index contributed by atoms with van der Waals surface area (Å²) in [6.07, 6.45) is 0.888. The van der Waals surface area contributed by atoms with E-state index in [9.17, 15) is 9.59 Å². The number of hydrogen-bond donors (Lipinski definition) is 3. The van der Waals surface area contributed by atoms with Crippen LogP contribution < -0.4 is 10.6 Å². The summed E-state index contributed by atoms with van der Waals surface area (Å²) in [5.41, 5.74) is 0. The minimum absolute atomic E-state index is 0.00121. The molecule has 0 aromatic rings. The van der Waals surface area contributed by atoms with Gasteiger partial charge in [0.1, 0.15) is 0 Å². The molecule has 6 heteroatoms. The third-order valence-electron chi connectivity index (χ3n) is 2.40. The normalized spacial score (nSPS) is 12.3. The van der Waals surface area contributed by atoms with E-state index in [1.807, 2.05) is 11.8 Å². The highest BCUT2D eigenvalue weighted by Crippen LogP contribution is 2.00. The van der Waals surface area contributed by atoms with Crippen molar-refractivity contribution in [1.82, 2.24) is 15.5 Å². The van der Waals surface area contributed by atoms with Gasteiger partial charge in [-0.1, -0.05) is 6.92 Å². The van der Waals surface area contributed by atoms with E-state index in [1.165, 1.54) is 0 Å². The molecule has 6 nitrogen and oxygen atoms in total. The standard InChI is InChI=1S/C11H23N3O3/c1-4-6-14(7-8-15)9(3)10(16)13-11(17)12-5-2/h9,15H,4-8H2,1-3H3,(H2,12,13,16,17). The number of amides is 3. The average Bonchev–Trinajstić information content (AvgIpc) is 2.28. The molecule has 0 fully saturated rings. The van der Waals surface area contributed by atoms with Gasteiger partial charge in [-0.3, -0.25) is 15.0 Å². The van der Waals surface area contributed by atoms with E-state index in [1.54, 1.807) is 13.8 Å². The molecule has 3 amide bonds. The number of nitrogens with zero attached hydrogens (tertiary/aromatic N) is 1. The molecule has 100 valence electrons. The second-order valence-corrected chi connectivity index (χ2v) is 3.78. The molecule has 0 radical (unpaired) electrons. The highest BCUT2D eigenvalue weighted by atomic mass is 16.3. The predicted octanol–water partition coefficient (Wildman–Crippen LogP) is -0.0751. The topological polar surface area (TPSA) is 81.7 Å². The summed E-state index contributed by atoms with van der Waals surface area (Å²) in [6, 6.07) is -0.908. The molecule has 17 heavy (non-hydrogen) atoms. The van der Waals surface area contributed by atoms with Crippen molar-refractivity contribution in [2.24, 2.45) is 0 Å². The van der Waals surface area contributed by atoms with Crippen molar-refractivity contribution < 1.29 is 14.7 Å². The number of aliphatic hydroxyl groups excluding tert-OH is 1. The molecule has 0 aromatic carbocycles. The molecular weight excluding hydrogens is 222 g/mol. The van der Waals surface area contributed by atoms with E-state index in [2.05, 4.69) is 10.6 Å². The summed E-state index contributed by atoms with van der Waals surface area (Å²) in [5.74, 6) is -0.349. The molecule has 0 saturated carbocycles. The van der Waals surface area contributed by atoms with Gasteiger partial charge in [0.15, 0.2) is 0 Å². The van der Waals surface area contributed by atoms with Crippen LogP contribution in [0.1, 0.15) is 27.2 Å². The fraction of sp³-hybridized carbons (Fsp3) is 0.818. The van der Waals surface area contributed by atoms with Crippen LogP contribution in [0, 0.1) is 0 Å². The fourth-order valence-electron chi connectivity index (χ4n) is 1.50. The summed E-state index contributed by atoms with van der Waals surface area (Å²) < 4.78 is 0. The molecule has 0 aromatic heterocycles. The summed E-state index contributed by atoms with van der Waals surface area (Å²) >= 11 is 0. The highest BCUT2D eigenvalue weighted by Gasteiger charge is 2.21. The largest absolute Gasteiger partial charge is 0.395 e. The zero-order valence-electron chi connectivity index (χ0n) is 10.8.